The molecule has 0 fully saturated rings. The molecule has 3 N–H and O–H groups in total. The second-order valence-electron chi connectivity index (χ2n) is 5.82. The Morgan fingerprint density at radius 1 is 1.35 bits per heavy atom. The number of hydrogen-bond acceptors (Lipinski definition) is 4. The predicted molar refractivity (Wildman–Crippen MR) is 78.7 cm³/mol. The lowest BCUT2D eigenvalue weighted by Gasteiger charge is -2.16. The predicted octanol–water partition coefficient (Wildman–Crippen LogP) is 2.06. The summed E-state index contributed by atoms with van der Waals surface area (Å²) < 4.78 is 0. The van der Waals surface area contributed by atoms with Gasteiger partial charge in [0.1, 0.15) is 5.82 Å². The number of amides is 2. The van der Waals surface area contributed by atoms with Crippen molar-refractivity contribution in [3.63, 3.8) is 0 Å². The van der Waals surface area contributed by atoms with Gasteiger partial charge in [-0.3, -0.25) is 0 Å². The Kier molecular flexibility index (Phi) is 5.88. The Morgan fingerprint density at radius 3 is 2.45 bits per heavy atom. The van der Waals surface area contributed by atoms with Crippen molar-refractivity contribution in [2.45, 2.75) is 52.1 Å². The molecule has 0 saturated carbocycles. The van der Waals surface area contributed by atoms with Crippen molar-refractivity contribution >= 4 is 11.7 Å². The van der Waals surface area contributed by atoms with Crippen LogP contribution in [0.1, 0.15) is 46.4 Å². The van der Waals surface area contributed by atoms with Gasteiger partial charge in [-0.2, -0.15) is 0 Å². The first-order chi connectivity index (χ1) is 9.32. The van der Waals surface area contributed by atoms with Gasteiger partial charge in [-0.1, -0.05) is 34.1 Å². The van der Waals surface area contributed by atoms with Crippen LogP contribution < -0.4 is 10.6 Å². The molecule has 0 radical (unpaired) electrons. The third-order valence-corrected chi connectivity index (χ3v) is 2.70. The summed E-state index contributed by atoms with van der Waals surface area (Å²) in [5.41, 5.74) is 0.408. The van der Waals surface area contributed by atoms with E-state index in [1.807, 2.05) is 27.7 Å². The minimum atomic E-state index is -0.509. The molecule has 112 valence electrons. The van der Waals surface area contributed by atoms with Crippen LogP contribution in [0.5, 0.6) is 0 Å². The van der Waals surface area contributed by atoms with E-state index in [4.69, 9.17) is 0 Å². The summed E-state index contributed by atoms with van der Waals surface area (Å²) in [5, 5.41) is 14.8. The van der Waals surface area contributed by atoms with Crippen molar-refractivity contribution in [3.8, 4) is 0 Å². The van der Waals surface area contributed by atoms with Crippen LogP contribution in [0.15, 0.2) is 12.4 Å². The molecule has 0 aromatic carbocycles. The van der Waals surface area contributed by atoms with Crippen molar-refractivity contribution in [1.29, 1.82) is 0 Å². The molecule has 0 aliphatic rings. The maximum atomic E-state index is 11.6. The SMILES string of the molecule is CCCC(O)CNC(=O)Nc1cnc(C(C)(C)C)nc1. The van der Waals surface area contributed by atoms with E-state index in [0.29, 0.717) is 12.1 Å². The monoisotopic (exact) mass is 280 g/mol. The van der Waals surface area contributed by atoms with E-state index in [1.54, 1.807) is 12.4 Å². The van der Waals surface area contributed by atoms with E-state index in [-0.39, 0.29) is 18.0 Å². The summed E-state index contributed by atoms with van der Waals surface area (Å²) in [6.07, 6.45) is 4.20. The number of urea groups is 1. The number of hydrogen-bond donors (Lipinski definition) is 3. The highest BCUT2D eigenvalue weighted by atomic mass is 16.3. The van der Waals surface area contributed by atoms with E-state index in [0.717, 1.165) is 12.2 Å². The first-order valence-electron chi connectivity index (χ1n) is 6.88. The smallest absolute Gasteiger partial charge is 0.319 e. The van der Waals surface area contributed by atoms with Gasteiger partial charge < -0.3 is 15.7 Å². The molecule has 6 heteroatoms. The zero-order chi connectivity index (χ0) is 15.2. The summed E-state index contributed by atoms with van der Waals surface area (Å²) >= 11 is 0. The number of aromatic nitrogens is 2. The summed E-state index contributed by atoms with van der Waals surface area (Å²) in [6.45, 7) is 8.30. The summed E-state index contributed by atoms with van der Waals surface area (Å²) in [4.78, 5) is 20.1. The highest BCUT2D eigenvalue weighted by Crippen LogP contribution is 2.18. The first kappa shape index (κ1) is 16.4. The van der Waals surface area contributed by atoms with Crippen molar-refractivity contribution in [1.82, 2.24) is 15.3 Å². The second-order valence-corrected chi connectivity index (χ2v) is 5.82. The van der Waals surface area contributed by atoms with Crippen molar-refractivity contribution in [3.05, 3.63) is 18.2 Å². The highest BCUT2D eigenvalue weighted by molar-refractivity contribution is 5.88. The number of aliphatic hydroxyl groups is 1. The van der Waals surface area contributed by atoms with E-state index in [2.05, 4.69) is 20.6 Å². The third-order valence-electron chi connectivity index (χ3n) is 2.70. The van der Waals surface area contributed by atoms with Gasteiger partial charge in [0.25, 0.3) is 0 Å². The maximum Gasteiger partial charge on any atom is 0.319 e. The van der Waals surface area contributed by atoms with Crippen LogP contribution >= 0.6 is 0 Å². The van der Waals surface area contributed by atoms with E-state index < -0.39 is 6.10 Å². The molecule has 0 saturated heterocycles. The van der Waals surface area contributed by atoms with E-state index >= 15 is 0 Å². The van der Waals surface area contributed by atoms with Gasteiger partial charge >= 0.3 is 6.03 Å². The second kappa shape index (κ2) is 7.19. The van der Waals surface area contributed by atoms with Gasteiger partial charge in [-0.15, -0.1) is 0 Å². The van der Waals surface area contributed by atoms with Crippen LogP contribution in [0, 0.1) is 0 Å². The number of rotatable bonds is 5. The number of carbonyl (C=O) groups excluding carboxylic acids is 1. The minimum Gasteiger partial charge on any atom is -0.391 e. The molecule has 1 atom stereocenters. The molecular weight excluding hydrogens is 256 g/mol. The molecule has 1 aromatic heterocycles. The molecule has 0 spiro atoms. The van der Waals surface area contributed by atoms with Crippen molar-refractivity contribution < 1.29 is 9.90 Å². The largest absolute Gasteiger partial charge is 0.391 e. The Bertz CT molecular complexity index is 426. The fourth-order valence-corrected chi connectivity index (χ4v) is 1.60. The summed E-state index contributed by atoms with van der Waals surface area (Å²) in [6, 6.07) is -0.368. The van der Waals surface area contributed by atoms with Gasteiger partial charge in [0, 0.05) is 12.0 Å². The molecule has 1 aromatic rings. The van der Waals surface area contributed by atoms with Gasteiger partial charge in [0.05, 0.1) is 24.2 Å². The van der Waals surface area contributed by atoms with Crippen LogP contribution in [0.2, 0.25) is 0 Å². The maximum absolute atomic E-state index is 11.6. The lowest BCUT2D eigenvalue weighted by Crippen LogP contribution is -2.35. The molecule has 1 heterocycles. The van der Waals surface area contributed by atoms with Crippen LogP contribution in [0.3, 0.4) is 0 Å². The Balaban J connectivity index is 2.46. The summed E-state index contributed by atoms with van der Waals surface area (Å²) in [7, 11) is 0. The molecule has 6 nitrogen and oxygen atoms in total. The fraction of sp³-hybridized carbons (Fsp3) is 0.643. The van der Waals surface area contributed by atoms with Crippen LogP contribution in [0.25, 0.3) is 0 Å². The number of nitrogens with zero attached hydrogens (tertiary/aromatic N) is 2. The number of aliphatic hydroxyl groups excluding tert-OH is 1. The minimum absolute atomic E-state index is 0.120. The van der Waals surface area contributed by atoms with Gasteiger partial charge in [-0.25, -0.2) is 14.8 Å². The first-order valence-corrected chi connectivity index (χ1v) is 6.88. The van der Waals surface area contributed by atoms with Crippen LogP contribution in [0.4, 0.5) is 10.5 Å². The number of anilines is 1. The van der Waals surface area contributed by atoms with Gasteiger partial charge in [0.2, 0.25) is 0 Å². The average Bonchev–Trinajstić information content (AvgIpc) is 2.36. The van der Waals surface area contributed by atoms with Crippen molar-refractivity contribution in [2.24, 2.45) is 0 Å². The Hall–Kier alpha value is -1.69. The zero-order valence-corrected chi connectivity index (χ0v) is 12.6. The Labute approximate surface area is 120 Å². The van der Waals surface area contributed by atoms with E-state index in [1.165, 1.54) is 0 Å². The lowest BCUT2D eigenvalue weighted by molar-refractivity contribution is 0.162. The molecule has 0 aliphatic heterocycles. The third kappa shape index (κ3) is 5.52. The molecule has 0 aliphatic carbocycles. The molecule has 20 heavy (non-hydrogen) atoms. The normalized spacial score (nSPS) is 12.8. The fourth-order valence-electron chi connectivity index (χ4n) is 1.60. The van der Waals surface area contributed by atoms with Crippen LogP contribution in [-0.4, -0.2) is 33.8 Å². The quantitative estimate of drug-likeness (QED) is 0.770. The molecule has 0 bridgehead atoms. The van der Waals surface area contributed by atoms with Crippen LogP contribution in [-0.2, 0) is 5.41 Å². The van der Waals surface area contributed by atoms with Gasteiger partial charge in [-0.05, 0) is 6.42 Å². The van der Waals surface area contributed by atoms with Gasteiger partial charge in [0.15, 0.2) is 0 Å². The lowest BCUT2D eigenvalue weighted by atomic mass is 9.96. The molecule has 1 rings (SSSR count). The van der Waals surface area contributed by atoms with Crippen molar-refractivity contribution in [2.75, 3.05) is 11.9 Å². The molecule has 1 unspecified atom stereocenters. The summed E-state index contributed by atoms with van der Waals surface area (Å²) in [5.74, 6) is 0.724. The average molecular weight is 280 g/mol. The topological polar surface area (TPSA) is 87.1 Å². The number of nitrogens with one attached hydrogen (secondary N) is 2. The number of carbonyl (C=O) groups is 1. The molecule has 2 amide bonds. The standard InChI is InChI=1S/C14H24N4O2/c1-5-6-11(19)9-17-13(20)18-10-7-15-12(16-8-10)14(2,3)4/h7-8,11,19H,5-6,9H2,1-4H3,(H2,17,18,20). The highest BCUT2D eigenvalue weighted by Gasteiger charge is 2.16. The van der Waals surface area contributed by atoms with E-state index in [9.17, 15) is 9.90 Å². The molecular formula is C14H24N4O2. The Morgan fingerprint density at radius 2 is 1.95 bits per heavy atom. The zero-order valence-electron chi connectivity index (χ0n) is 12.6.